The van der Waals surface area contributed by atoms with E-state index in [1.807, 2.05) is 48.5 Å². The Balaban J connectivity index is 1.72. The number of carbonyl (C=O) groups excluding carboxylic acids is 1. The molecular formula is C21H21N3O3. The van der Waals surface area contributed by atoms with Gasteiger partial charge >= 0.3 is 0 Å². The standard InChI is InChI=1S/C21H21N3O3/c1-26-14-13-23-20-15-16(11-12-22-20)21(25)24-18-9-5-6-10-19(18)27-17-7-3-2-4-8-17/h2-12,15H,13-14H2,1H3,(H,22,23)(H,24,25). The summed E-state index contributed by atoms with van der Waals surface area (Å²) in [4.78, 5) is 16.9. The largest absolute Gasteiger partial charge is 0.455 e. The van der Waals surface area contributed by atoms with Crippen LogP contribution in [0.2, 0.25) is 0 Å². The molecule has 6 nitrogen and oxygen atoms in total. The minimum atomic E-state index is -0.240. The van der Waals surface area contributed by atoms with Gasteiger partial charge < -0.3 is 20.1 Å². The van der Waals surface area contributed by atoms with Crippen LogP contribution in [0.1, 0.15) is 10.4 Å². The van der Waals surface area contributed by atoms with Crippen molar-refractivity contribution >= 4 is 17.4 Å². The molecule has 3 rings (SSSR count). The number of carbonyl (C=O) groups is 1. The number of methoxy groups -OCH3 is 1. The summed E-state index contributed by atoms with van der Waals surface area (Å²) in [6, 6.07) is 20.1. The molecular weight excluding hydrogens is 342 g/mol. The first kappa shape index (κ1) is 18.4. The van der Waals surface area contributed by atoms with Crippen LogP contribution in [0, 0.1) is 0 Å². The van der Waals surface area contributed by atoms with Gasteiger partial charge in [0.1, 0.15) is 11.6 Å². The molecule has 0 aliphatic rings. The van der Waals surface area contributed by atoms with Crippen LogP contribution in [-0.4, -0.2) is 31.2 Å². The predicted octanol–water partition coefficient (Wildman–Crippen LogP) is 4.18. The van der Waals surface area contributed by atoms with Crippen molar-refractivity contribution in [1.29, 1.82) is 0 Å². The fourth-order valence-corrected chi connectivity index (χ4v) is 2.42. The number of aromatic nitrogens is 1. The number of amides is 1. The van der Waals surface area contributed by atoms with Gasteiger partial charge in [0, 0.05) is 25.4 Å². The van der Waals surface area contributed by atoms with Gasteiger partial charge in [-0.1, -0.05) is 30.3 Å². The lowest BCUT2D eigenvalue weighted by Crippen LogP contribution is -2.14. The third-order valence-electron chi connectivity index (χ3n) is 3.74. The summed E-state index contributed by atoms with van der Waals surface area (Å²) in [5.74, 6) is 1.65. The van der Waals surface area contributed by atoms with E-state index < -0.39 is 0 Å². The third kappa shape index (κ3) is 5.29. The summed E-state index contributed by atoms with van der Waals surface area (Å²) in [6.45, 7) is 1.17. The highest BCUT2D eigenvalue weighted by Crippen LogP contribution is 2.29. The van der Waals surface area contributed by atoms with Crippen LogP contribution in [0.15, 0.2) is 72.9 Å². The highest BCUT2D eigenvalue weighted by atomic mass is 16.5. The normalized spacial score (nSPS) is 10.3. The van der Waals surface area contributed by atoms with Crippen LogP contribution in [0.4, 0.5) is 11.5 Å². The molecule has 1 amide bonds. The fraction of sp³-hybridized carbons (Fsp3) is 0.143. The van der Waals surface area contributed by atoms with Crippen LogP contribution in [0.25, 0.3) is 0 Å². The van der Waals surface area contributed by atoms with E-state index in [1.165, 1.54) is 0 Å². The number of benzene rings is 2. The molecule has 6 heteroatoms. The Morgan fingerprint density at radius 3 is 2.63 bits per heavy atom. The Morgan fingerprint density at radius 2 is 1.81 bits per heavy atom. The van der Waals surface area contributed by atoms with Crippen molar-refractivity contribution in [1.82, 2.24) is 4.98 Å². The number of hydrogen-bond donors (Lipinski definition) is 2. The lowest BCUT2D eigenvalue weighted by Gasteiger charge is -2.12. The highest BCUT2D eigenvalue weighted by Gasteiger charge is 2.11. The van der Waals surface area contributed by atoms with Gasteiger partial charge in [-0.15, -0.1) is 0 Å². The molecule has 138 valence electrons. The molecule has 2 aromatic carbocycles. The molecule has 1 heterocycles. The molecule has 3 aromatic rings. The second kappa shape index (κ2) is 9.35. The van der Waals surface area contributed by atoms with Gasteiger partial charge in [0.2, 0.25) is 0 Å². The van der Waals surface area contributed by atoms with Gasteiger partial charge in [0.15, 0.2) is 5.75 Å². The molecule has 0 saturated heterocycles. The summed E-state index contributed by atoms with van der Waals surface area (Å²) >= 11 is 0. The van der Waals surface area contributed by atoms with E-state index in [1.54, 1.807) is 31.5 Å². The Hall–Kier alpha value is -3.38. The van der Waals surface area contributed by atoms with Gasteiger partial charge in [-0.3, -0.25) is 4.79 Å². The molecule has 0 spiro atoms. The SMILES string of the molecule is COCCNc1cc(C(=O)Nc2ccccc2Oc2ccccc2)ccn1. The van der Waals surface area contributed by atoms with Crippen LogP contribution < -0.4 is 15.4 Å². The van der Waals surface area contributed by atoms with E-state index in [2.05, 4.69) is 15.6 Å². The maximum Gasteiger partial charge on any atom is 0.255 e. The predicted molar refractivity (Wildman–Crippen MR) is 106 cm³/mol. The first-order valence-electron chi connectivity index (χ1n) is 8.58. The van der Waals surface area contributed by atoms with Crippen molar-refractivity contribution in [2.75, 3.05) is 30.9 Å². The lowest BCUT2D eigenvalue weighted by molar-refractivity contribution is 0.102. The molecule has 1 aromatic heterocycles. The minimum Gasteiger partial charge on any atom is -0.455 e. The molecule has 0 aliphatic carbocycles. The van der Waals surface area contributed by atoms with Gasteiger partial charge in [-0.05, 0) is 36.4 Å². The maximum absolute atomic E-state index is 12.7. The van der Waals surface area contributed by atoms with Gasteiger partial charge in [0.25, 0.3) is 5.91 Å². The van der Waals surface area contributed by atoms with Crippen molar-refractivity contribution in [2.24, 2.45) is 0 Å². The van der Waals surface area contributed by atoms with Crippen molar-refractivity contribution in [3.05, 3.63) is 78.5 Å². The Labute approximate surface area is 158 Å². The molecule has 27 heavy (non-hydrogen) atoms. The number of hydrogen-bond acceptors (Lipinski definition) is 5. The van der Waals surface area contributed by atoms with E-state index in [9.17, 15) is 4.79 Å². The number of anilines is 2. The van der Waals surface area contributed by atoms with E-state index >= 15 is 0 Å². The molecule has 0 aliphatic heterocycles. The summed E-state index contributed by atoms with van der Waals surface area (Å²) < 4.78 is 10.9. The second-order valence-electron chi connectivity index (χ2n) is 5.71. The monoisotopic (exact) mass is 363 g/mol. The number of nitrogens with one attached hydrogen (secondary N) is 2. The lowest BCUT2D eigenvalue weighted by atomic mass is 10.2. The second-order valence-corrected chi connectivity index (χ2v) is 5.71. The molecule has 0 bridgehead atoms. The zero-order valence-corrected chi connectivity index (χ0v) is 15.0. The topological polar surface area (TPSA) is 72.5 Å². The summed E-state index contributed by atoms with van der Waals surface area (Å²) in [5.41, 5.74) is 1.09. The number of ether oxygens (including phenoxy) is 2. The van der Waals surface area contributed by atoms with Crippen LogP contribution >= 0.6 is 0 Å². The van der Waals surface area contributed by atoms with Crippen molar-refractivity contribution in [3.63, 3.8) is 0 Å². The first-order valence-corrected chi connectivity index (χ1v) is 8.58. The quantitative estimate of drug-likeness (QED) is 0.587. The summed E-state index contributed by atoms with van der Waals surface area (Å²) in [5, 5.41) is 6.01. The van der Waals surface area contributed by atoms with E-state index in [-0.39, 0.29) is 5.91 Å². The molecule has 0 radical (unpaired) electrons. The van der Waals surface area contributed by atoms with Crippen molar-refractivity contribution in [2.45, 2.75) is 0 Å². The minimum absolute atomic E-state index is 0.240. The van der Waals surface area contributed by atoms with Crippen molar-refractivity contribution in [3.8, 4) is 11.5 Å². The smallest absolute Gasteiger partial charge is 0.255 e. The zero-order valence-electron chi connectivity index (χ0n) is 15.0. The highest BCUT2D eigenvalue weighted by molar-refractivity contribution is 6.05. The Kier molecular flexibility index (Phi) is 6.38. The average Bonchev–Trinajstić information content (AvgIpc) is 2.71. The van der Waals surface area contributed by atoms with Gasteiger partial charge in [0.05, 0.1) is 12.3 Å². The Bertz CT molecular complexity index is 885. The molecule has 0 fully saturated rings. The van der Waals surface area contributed by atoms with E-state index in [0.29, 0.717) is 41.7 Å². The number of pyridine rings is 1. The maximum atomic E-state index is 12.7. The molecule has 0 unspecified atom stereocenters. The van der Waals surface area contributed by atoms with E-state index in [4.69, 9.17) is 9.47 Å². The first-order chi connectivity index (χ1) is 13.3. The molecule has 0 saturated carbocycles. The van der Waals surface area contributed by atoms with E-state index in [0.717, 1.165) is 0 Å². The van der Waals surface area contributed by atoms with Gasteiger partial charge in [-0.25, -0.2) is 4.98 Å². The van der Waals surface area contributed by atoms with Gasteiger partial charge in [-0.2, -0.15) is 0 Å². The van der Waals surface area contributed by atoms with Crippen molar-refractivity contribution < 1.29 is 14.3 Å². The summed E-state index contributed by atoms with van der Waals surface area (Å²) in [6.07, 6.45) is 1.59. The molecule has 2 N–H and O–H groups in total. The summed E-state index contributed by atoms with van der Waals surface area (Å²) in [7, 11) is 1.63. The number of nitrogens with zero attached hydrogens (tertiary/aromatic N) is 1. The van der Waals surface area contributed by atoms with Crippen LogP contribution in [0.5, 0.6) is 11.5 Å². The Morgan fingerprint density at radius 1 is 1.04 bits per heavy atom. The number of para-hydroxylation sites is 3. The van der Waals surface area contributed by atoms with Crippen LogP contribution in [-0.2, 0) is 4.74 Å². The zero-order chi connectivity index (χ0) is 18.9. The fourth-order valence-electron chi connectivity index (χ4n) is 2.42. The average molecular weight is 363 g/mol. The molecule has 0 atom stereocenters. The number of rotatable bonds is 8. The van der Waals surface area contributed by atoms with Crippen LogP contribution in [0.3, 0.4) is 0 Å². The third-order valence-corrected chi connectivity index (χ3v) is 3.74.